The summed E-state index contributed by atoms with van der Waals surface area (Å²) in [5, 5.41) is 14.3. The number of piperazine rings is 1. The van der Waals surface area contributed by atoms with Gasteiger partial charge in [0.25, 0.3) is 0 Å². The summed E-state index contributed by atoms with van der Waals surface area (Å²) >= 11 is 0. The monoisotopic (exact) mass is 495 g/mol. The summed E-state index contributed by atoms with van der Waals surface area (Å²) in [5.74, 6) is -0.219. The van der Waals surface area contributed by atoms with Crippen LogP contribution >= 0.6 is 0 Å². The molecule has 1 aliphatic carbocycles. The first-order chi connectivity index (χ1) is 17.3. The third kappa shape index (κ3) is 6.28. The lowest BCUT2D eigenvalue weighted by molar-refractivity contribution is -0.134. The SMILES string of the molecule is CNc1cc(N2CCN(CCCCC3CCCCC3)CC2(C)C)ccc1C(=N)C1CCC(=O)NC1=O. The summed E-state index contributed by atoms with van der Waals surface area (Å²) in [6.45, 7) is 8.91. The number of nitrogens with one attached hydrogen (secondary N) is 3. The van der Waals surface area contributed by atoms with Crippen LogP contribution in [0.4, 0.5) is 11.4 Å². The van der Waals surface area contributed by atoms with Crippen molar-refractivity contribution in [2.45, 2.75) is 83.6 Å². The first-order valence-electron chi connectivity index (χ1n) is 14.0. The van der Waals surface area contributed by atoms with E-state index in [9.17, 15) is 9.59 Å². The van der Waals surface area contributed by atoms with Crippen LogP contribution < -0.4 is 15.5 Å². The number of carbonyl (C=O) groups excluding carboxylic acids is 2. The number of hydrogen-bond acceptors (Lipinski definition) is 6. The normalized spacial score (nSPS) is 23.4. The van der Waals surface area contributed by atoms with Crippen molar-refractivity contribution in [3.05, 3.63) is 23.8 Å². The van der Waals surface area contributed by atoms with Crippen LogP contribution in [0.15, 0.2) is 18.2 Å². The second-order valence-corrected chi connectivity index (χ2v) is 11.6. The molecular weight excluding hydrogens is 450 g/mol. The summed E-state index contributed by atoms with van der Waals surface area (Å²) in [5.41, 5.74) is 2.99. The largest absolute Gasteiger partial charge is 0.388 e. The second kappa shape index (κ2) is 11.8. The van der Waals surface area contributed by atoms with Gasteiger partial charge in [-0.2, -0.15) is 0 Å². The Balaban J connectivity index is 1.35. The number of anilines is 2. The van der Waals surface area contributed by atoms with Crippen molar-refractivity contribution < 1.29 is 9.59 Å². The van der Waals surface area contributed by atoms with Crippen LogP contribution in [0.5, 0.6) is 0 Å². The van der Waals surface area contributed by atoms with E-state index < -0.39 is 5.92 Å². The average Bonchev–Trinajstić information content (AvgIpc) is 2.86. The van der Waals surface area contributed by atoms with E-state index in [1.54, 1.807) is 0 Å². The quantitative estimate of drug-likeness (QED) is 0.260. The topological polar surface area (TPSA) is 88.5 Å². The van der Waals surface area contributed by atoms with Gasteiger partial charge in [-0.3, -0.25) is 19.8 Å². The molecule has 7 heteroatoms. The molecule has 2 amide bonds. The molecule has 7 nitrogen and oxygen atoms in total. The van der Waals surface area contributed by atoms with E-state index in [1.807, 2.05) is 13.1 Å². The molecule has 1 atom stereocenters. The molecule has 0 aromatic heterocycles. The third-order valence-corrected chi connectivity index (χ3v) is 8.50. The van der Waals surface area contributed by atoms with E-state index in [0.717, 1.165) is 42.5 Å². The summed E-state index contributed by atoms with van der Waals surface area (Å²) < 4.78 is 0. The Morgan fingerprint density at radius 2 is 1.89 bits per heavy atom. The number of hydrogen-bond donors (Lipinski definition) is 3. The van der Waals surface area contributed by atoms with Crippen molar-refractivity contribution in [1.82, 2.24) is 10.2 Å². The van der Waals surface area contributed by atoms with E-state index in [0.29, 0.717) is 6.42 Å². The van der Waals surface area contributed by atoms with Crippen molar-refractivity contribution in [3.8, 4) is 0 Å². The Hall–Kier alpha value is -2.41. The molecule has 3 N–H and O–H groups in total. The van der Waals surface area contributed by atoms with E-state index in [2.05, 4.69) is 46.4 Å². The van der Waals surface area contributed by atoms with E-state index in [1.165, 1.54) is 57.9 Å². The van der Waals surface area contributed by atoms with Gasteiger partial charge in [0.1, 0.15) is 0 Å². The zero-order valence-corrected chi connectivity index (χ0v) is 22.5. The number of unbranched alkanes of at least 4 members (excludes halogenated alkanes) is 1. The Morgan fingerprint density at radius 1 is 1.11 bits per heavy atom. The smallest absolute Gasteiger partial charge is 0.235 e. The second-order valence-electron chi connectivity index (χ2n) is 11.6. The predicted octanol–water partition coefficient (Wildman–Crippen LogP) is 4.80. The number of piperidine rings is 1. The lowest BCUT2D eigenvalue weighted by Gasteiger charge is -2.49. The minimum atomic E-state index is -0.584. The third-order valence-electron chi connectivity index (χ3n) is 8.50. The molecule has 1 saturated carbocycles. The molecule has 2 saturated heterocycles. The van der Waals surface area contributed by atoms with Crippen LogP contribution in [0.2, 0.25) is 0 Å². The van der Waals surface area contributed by atoms with E-state index in [4.69, 9.17) is 5.41 Å². The van der Waals surface area contributed by atoms with Crippen molar-refractivity contribution in [2.75, 3.05) is 43.4 Å². The first kappa shape index (κ1) is 26.6. The fourth-order valence-electron chi connectivity index (χ4n) is 6.47. The minimum absolute atomic E-state index is 0.00523. The molecule has 1 aromatic rings. The van der Waals surface area contributed by atoms with Crippen LogP contribution in [0.3, 0.4) is 0 Å². The van der Waals surface area contributed by atoms with Crippen LogP contribution in [0, 0.1) is 17.2 Å². The number of benzene rings is 1. The molecule has 198 valence electrons. The molecule has 1 aromatic carbocycles. The maximum absolute atomic E-state index is 12.3. The van der Waals surface area contributed by atoms with Gasteiger partial charge < -0.3 is 15.6 Å². The summed E-state index contributed by atoms with van der Waals surface area (Å²) in [4.78, 5) is 28.9. The van der Waals surface area contributed by atoms with Gasteiger partial charge in [-0.15, -0.1) is 0 Å². The Labute approximate surface area is 216 Å². The highest BCUT2D eigenvalue weighted by Gasteiger charge is 2.35. The van der Waals surface area contributed by atoms with Crippen molar-refractivity contribution >= 4 is 28.9 Å². The predicted molar refractivity (Wildman–Crippen MR) is 147 cm³/mol. The molecule has 1 unspecified atom stereocenters. The van der Waals surface area contributed by atoms with Gasteiger partial charge in [0.15, 0.2) is 0 Å². The van der Waals surface area contributed by atoms with Crippen LogP contribution in [-0.2, 0) is 9.59 Å². The number of nitrogens with zero attached hydrogens (tertiary/aromatic N) is 2. The van der Waals surface area contributed by atoms with Crippen molar-refractivity contribution in [2.24, 2.45) is 11.8 Å². The fraction of sp³-hybridized carbons (Fsp3) is 0.690. The van der Waals surface area contributed by atoms with Crippen LogP contribution in [-0.4, -0.2) is 61.2 Å². The average molecular weight is 496 g/mol. The zero-order chi connectivity index (χ0) is 25.7. The maximum atomic E-state index is 12.3. The van der Waals surface area contributed by atoms with Gasteiger partial charge in [-0.05, 0) is 57.4 Å². The molecule has 0 bridgehead atoms. The molecular formula is C29H45N5O2. The molecule has 2 aliphatic heterocycles. The van der Waals surface area contributed by atoms with Gasteiger partial charge in [-0.25, -0.2) is 0 Å². The van der Waals surface area contributed by atoms with Gasteiger partial charge in [-0.1, -0.05) is 44.9 Å². The van der Waals surface area contributed by atoms with Crippen LogP contribution in [0.25, 0.3) is 0 Å². The summed E-state index contributed by atoms with van der Waals surface area (Å²) in [6, 6.07) is 6.15. The summed E-state index contributed by atoms with van der Waals surface area (Å²) in [6.07, 6.45) is 12.0. The lowest BCUT2D eigenvalue weighted by atomic mass is 9.86. The molecule has 36 heavy (non-hydrogen) atoms. The van der Waals surface area contributed by atoms with Crippen LogP contribution in [0.1, 0.15) is 83.6 Å². The molecule has 4 rings (SSSR count). The molecule has 0 radical (unpaired) electrons. The number of imide groups is 1. The van der Waals surface area contributed by atoms with Gasteiger partial charge >= 0.3 is 0 Å². The molecule has 2 heterocycles. The van der Waals surface area contributed by atoms with Gasteiger partial charge in [0.2, 0.25) is 11.8 Å². The zero-order valence-electron chi connectivity index (χ0n) is 22.5. The number of rotatable bonds is 9. The number of amides is 2. The standard InChI is InChI=1S/C29H45N5O2/c1-29(2)20-33(16-8-7-11-21-9-5-4-6-10-21)17-18-34(29)22-12-13-23(25(19-22)31-3)27(30)24-14-15-26(35)32-28(24)36/h12-13,19,21,24,30-31H,4-11,14-18,20H2,1-3H3,(H,32,35,36). The van der Waals surface area contributed by atoms with Gasteiger partial charge in [0.05, 0.1) is 11.6 Å². The summed E-state index contributed by atoms with van der Waals surface area (Å²) in [7, 11) is 1.86. The highest BCUT2D eigenvalue weighted by Crippen LogP contribution is 2.33. The Morgan fingerprint density at radius 3 is 2.58 bits per heavy atom. The fourth-order valence-corrected chi connectivity index (χ4v) is 6.47. The van der Waals surface area contributed by atoms with E-state index >= 15 is 0 Å². The highest BCUT2D eigenvalue weighted by molar-refractivity contribution is 6.17. The minimum Gasteiger partial charge on any atom is -0.388 e. The van der Waals surface area contributed by atoms with E-state index in [-0.39, 0.29) is 29.5 Å². The lowest BCUT2D eigenvalue weighted by Crippen LogP contribution is -2.59. The van der Waals surface area contributed by atoms with Crippen molar-refractivity contribution in [3.63, 3.8) is 0 Å². The Bertz CT molecular complexity index is 953. The molecule has 3 fully saturated rings. The maximum Gasteiger partial charge on any atom is 0.235 e. The Kier molecular flexibility index (Phi) is 8.70. The first-order valence-corrected chi connectivity index (χ1v) is 14.0. The number of carbonyl (C=O) groups is 2. The highest BCUT2D eigenvalue weighted by atomic mass is 16.2. The van der Waals surface area contributed by atoms with Crippen molar-refractivity contribution in [1.29, 1.82) is 5.41 Å². The molecule has 0 spiro atoms. The molecule has 3 aliphatic rings. The van der Waals surface area contributed by atoms with Gasteiger partial charge in [0, 0.05) is 55.6 Å².